The van der Waals surface area contributed by atoms with Crippen LogP contribution in [0.25, 0.3) is 0 Å². The van der Waals surface area contributed by atoms with Crippen molar-refractivity contribution in [1.82, 2.24) is 9.88 Å². The smallest absolute Gasteiger partial charge is 0.0397 e. The van der Waals surface area contributed by atoms with Crippen LogP contribution in [0.2, 0.25) is 0 Å². The predicted octanol–water partition coefficient (Wildman–Crippen LogP) is 1.60. The zero-order valence-electron chi connectivity index (χ0n) is 9.33. The van der Waals surface area contributed by atoms with Gasteiger partial charge >= 0.3 is 0 Å². The molecule has 0 radical (unpaired) electrons. The second-order valence-electron chi connectivity index (χ2n) is 3.96. The molecule has 0 bridgehead atoms. The van der Waals surface area contributed by atoms with E-state index in [0.29, 0.717) is 12.0 Å². The summed E-state index contributed by atoms with van der Waals surface area (Å²) in [6.45, 7) is 2.94. The minimum absolute atomic E-state index is 0.427. The summed E-state index contributed by atoms with van der Waals surface area (Å²) in [7, 11) is 4.21. The predicted molar refractivity (Wildman–Crippen MR) is 60.1 cm³/mol. The highest BCUT2D eigenvalue weighted by atomic mass is 15.1. The summed E-state index contributed by atoms with van der Waals surface area (Å²) in [6.07, 6.45) is 5.14. The second-order valence-corrected chi connectivity index (χ2v) is 3.96. The zero-order valence-corrected chi connectivity index (χ0v) is 9.33. The summed E-state index contributed by atoms with van der Waals surface area (Å²) in [5, 5.41) is 0. The minimum atomic E-state index is 0.427. The summed E-state index contributed by atoms with van der Waals surface area (Å²) in [5.41, 5.74) is 7.12. The Kier molecular flexibility index (Phi) is 4.17. The van der Waals surface area contributed by atoms with Crippen LogP contribution in [0.4, 0.5) is 0 Å². The number of hydrogen-bond donors (Lipinski definition) is 2. The van der Waals surface area contributed by atoms with Gasteiger partial charge in [-0.25, -0.2) is 0 Å². The average molecular weight is 195 g/mol. The van der Waals surface area contributed by atoms with Crippen molar-refractivity contribution in [2.24, 2.45) is 11.7 Å². The Morgan fingerprint density at radius 2 is 2.21 bits per heavy atom. The highest BCUT2D eigenvalue weighted by Gasteiger charge is 2.22. The fraction of sp³-hybridized carbons (Fsp3) is 0.636. The van der Waals surface area contributed by atoms with Gasteiger partial charge in [0.1, 0.15) is 0 Å². The lowest BCUT2D eigenvalue weighted by Gasteiger charge is -2.30. The molecule has 0 aromatic carbocycles. The number of rotatable bonds is 5. The molecule has 0 aliphatic heterocycles. The summed E-state index contributed by atoms with van der Waals surface area (Å²) >= 11 is 0. The highest BCUT2D eigenvalue weighted by Crippen LogP contribution is 2.27. The van der Waals surface area contributed by atoms with Crippen LogP contribution in [-0.2, 0) is 0 Å². The van der Waals surface area contributed by atoms with Gasteiger partial charge in [-0.05, 0) is 38.2 Å². The fourth-order valence-corrected chi connectivity index (χ4v) is 2.03. The van der Waals surface area contributed by atoms with Crippen LogP contribution in [0.3, 0.4) is 0 Å². The van der Waals surface area contributed by atoms with E-state index in [1.54, 1.807) is 0 Å². The Balaban J connectivity index is 2.84. The molecule has 14 heavy (non-hydrogen) atoms. The third kappa shape index (κ3) is 2.36. The lowest BCUT2D eigenvalue weighted by molar-refractivity contribution is 0.211. The largest absolute Gasteiger partial charge is 0.367 e. The van der Waals surface area contributed by atoms with E-state index in [4.69, 9.17) is 5.73 Å². The van der Waals surface area contributed by atoms with E-state index in [1.165, 1.54) is 5.56 Å². The molecule has 0 saturated heterocycles. The van der Waals surface area contributed by atoms with Crippen LogP contribution in [-0.4, -0.2) is 30.5 Å². The molecule has 2 unspecified atom stereocenters. The van der Waals surface area contributed by atoms with Gasteiger partial charge in [0.2, 0.25) is 0 Å². The molecule has 0 aliphatic carbocycles. The molecule has 2 atom stereocenters. The molecule has 0 amide bonds. The van der Waals surface area contributed by atoms with Gasteiger partial charge in [-0.15, -0.1) is 0 Å². The van der Waals surface area contributed by atoms with E-state index in [2.05, 4.69) is 43.2 Å². The van der Waals surface area contributed by atoms with Gasteiger partial charge in [0, 0.05) is 18.4 Å². The van der Waals surface area contributed by atoms with E-state index in [-0.39, 0.29) is 0 Å². The minimum Gasteiger partial charge on any atom is -0.367 e. The molecular formula is C11H21N3. The average Bonchev–Trinajstić information content (AvgIpc) is 2.65. The number of nitrogens with two attached hydrogens (primary N) is 1. The Labute approximate surface area is 86.3 Å². The zero-order chi connectivity index (χ0) is 10.6. The Morgan fingerprint density at radius 1 is 1.50 bits per heavy atom. The van der Waals surface area contributed by atoms with Gasteiger partial charge in [0.15, 0.2) is 0 Å². The van der Waals surface area contributed by atoms with Gasteiger partial charge in [-0.3, -0.25) is 0 Å². The SMILES string of the molecule is CCC(CN)C(c1cc[nH]c1)N(C)C. The van der Waals surface area contributed by atoms with Gasteiger partial charge < -0.3 is 15.6 Å². The maximum Gasteiger partial charge on any atom is 0.0397 e. The molecule has 1 aromatic heterocycles. The first-order valence-corrected chi connectivity index (χ1v) is 5.19. The summed E-state index contributed by atoms with van der Waals surface area (Å²) in [4.78, 5) is 5.34. The molecule has 0 spiro atoms. The van der Waals surface area contributed by atoms with Crippen molar-refractivity contribution in [3.8, 4) is 0 Å². The number of aromatic amines is 1. The number of aromatic nitrogens is 1. The maximum atomic E-state index is 5.79. The third-order valence-corrected chi connectivity index (χ3v) is 2.79. The lowest BCUT2D eigenvalue weighted by Crippen LogP contribution is -2.31. The van der Waals surface area contributed by atoms with Gasteiger partial charge in [0.25, 0.3) is 0 Å². The fourth-order valence-electron chi connectivity index (χ4n) is 2.03. The Morgan fingerprint density at radius 3 is 2.57 bits per heavy atom. The van der Waals surface area contributed by atoms with Gasteiger partial charge in [-0.1, -0.05) is 13.3 Å². The molecule has 1 aromatic rings. The highest BCUT2D eigenvalue weighted by molar-refractivity contribution is 5.15. The van der Waals surface area contributed by atoms with Crippen LogP contribution in [0, 0.1) is 5.92 Å². The van der Waals surface area contributed by atoms with E-state index in [1.807, 2.05) is 6.20 Å². The summed E-state index contributed by atoms with van der Waals surface area (Å²) in [5.74, 6) is 0.529. The summed E-state index contributed by atoms with van der Waals surface area (Å²) in [6, 6.07) is 2.56. The van der Waals surface area contributed by atoms with Crippen molar-refractivity contribution in [2.75, 3.05) is 20.6 Å². The number of nitrogens with one attached hydrogen (secondary N) is 1. The molecular weight excluding hydrogens is 174 g/mol. The van der Waals surface area contributed by atoms with Crippen LogP contribution in [0.1, 0.15) is 24.9 Å². The normalized spacial score (nSPS) is 15.8. The first kappa shape index (κ1) is 11.3. The molecule has 0 fully saturated rings. The molecule has 3 N–H and O–H groups in total. The van der Waals surface area contributed by atoms with E-state index >= 15 is 0 Å². The van der Waals surface area contributed by atoms with Crippen molar-refractivity contribution in [3.05, 3.63) is 24.0 Å². The van der Waals surface area contributed by atoms with Crippen LogP contribution >= 0.6 is 0 Å². The first-order chi connectivity index (χ1) is 6.70. The number of hydrogen-bond acceptors (Lipinski definition) is 2. The Hall–Kier alpha value is -0.800. The molecule has 3 heteroatoms. The Bertz CT molecular complexity index is 237. The van der Waals surface area contributed by atoms with Crippen molar-refractivity contribution < 1.29 is 0 Å². The molecule has 0 aliphatic rings. The van der Waals surface area contributed by atoms with Crippen LogP contribution < -0.4 is 5.73 Å². The molecule has 80 valence electrons. The maximum absolute atomic E-state index is 5.79. The van der Waals surface area contributed by atoms with E-state index < -0.39 is 0 Å². The van der Waals surface area contributed by atoms with Gasteiger partial charge in [-0.2, -0.15) is 0 Å². The first-order valence-electron chi connectivity index (χ1n) is 5.19. The monoisotopic (exact) mass is 195 g/mol. The standard InChI is InChI=1S/C11H21N3/c1-4-9(7-12)11(14(2)3)10-5-6-13-8-10/h5-6,8-9,11,13H,4,7,12H2,1-3H3. The van der Waals surface area contributed by atoms with Crippen LogP contribution in [0.15, 0.2) is 18.5 Å². The number of nitrogens with zero attached hydrogens (tertiary/aromatic N) is 1. The number of H-pyrrole nitrogens is 1. The topological polar surface area (TPSA) is 45.1 Å². The third-order valence-electron chi connectivity index (χ3n) is 2.79. The van der Waals surface area contributed by atoms with Crippen molar-refractivity contribution in [2.45, 2.75) is 19.4 Å². The van der Waals surface area contributed by atoms with E-state index in [0.717, 1.165) is 13.0 Å². The van der Waals surface area contributed by atoms with Crippen molar-refractivity contribution in [3.63, 3.8) is 0 Å². The van der Waals surface area contributed by atoms with E-state index in [9.17, 15) is 0 Å². The molecule has 0 saturated carbocycles. The molecule has 1 heterocycles. The molecule has 1 rings (SSSR count). The van der Waals surface area contributed by atoms with Crippen molar-refractivity contribution in [1.29, 1.82) is 0 Å². The lowest BCUT2D eigenvalue weighted by atomic mass is 9.91. The van der Waals surface area contributed by atoms with Gasteiger partial charge in [0.05, 0.1) is 0 Å². The summed E-state index contributed by atoms with van der Waals surface area (Å²) < 4.78 is 0. The van der Waals surface area contributed by atoms with Crippen molar-refractivity contribution >= 4 is 0 Å². The second kappa shape index (κ2) is 5.17. The quantitative estimate of drug-likeness (QED) is 0.749. The van der Waals surface area contributed by atoms with Crippen LogP contribution in [0.5, 0.6) is 0 Å². The molecule has 3 nitrogen and oxygen atoms in total.